The molecule has 1 fully saturated rings. The average molecular weight is 496 g/mol. The smallest absolute Gasteiger partial charge is 0.282 e. The summed E-state index contributed by atoms with van der Waals surface area (Å²) in [5, 5.41) is 1.99. The number of carbonyl (C=O) groups excluding carboxylic acids is 2. The molecule has 1 N–H and O–H groups in total. The maximum absolute atomic E-state index is 12.0. The van der Waals surface area contributed by atoms with E-state index in [0.29, 0.717) is 10.8 Å². The first-order chi connectivity index (χ1) is 14.5. The van der Waals surface area contributed by atoms with Crippen LogP contribution in [-0.4, -0.2) is 11.1 Å². The highest BCUT2D eigenvalue weighted by Gasteiger charge is 2.30. The maximum atomic E-state index is 12.0. The molecule has 0 aromatic heterocycles. The van der Waals surface area contributed by atoms with Crippen molar-refractivity contribution >= 4 is 50.5 Å². The van der Waals surface area contributed by atoms with Gasteiger partial charge in [0.25, 0.3) is 11.1 Å². The molecule has 0 radical (unpaired) electrons. The number of allylic oxidation sites excluding steroid dienone is 2. The lowest BCUT2D eigenvalue weighted by Gasteiger charge is -2.34. The third-order valence-corrected chi connectivity index (χ3v) is 7.30. The zero-order valence-electron chi connectivity index (χ0n) is 18.4. The second-order valence-corrected chi connectivity index (χ2v) is 11.2. The van der Waals surface area contributed by atoms with Crippen LogP contribution in [0.4, 0.5) is 4.79 Å². The predicted molar refractivity (Wildman–Crippen MR) is 134 cm³/mol. The summed E-state index contributed by atoms with van der Waals surface area (Å²) >= 11 is 4.56. The number of aryl methyl sites for hydroxylation is 1. The van der Waals surface area contributed by atoms with Crippen molar-refractivity contribution in [2.45, 2.75) is 46.5 Å². The summed E-state index contributed by atoms with van der Waals surface area (Å²) in [7, 11) is 0. The number of fused-ring (bicyclic) bond motifs is 1. The first kappa shape index (κ1) is 22.1. The number of imide groups is 1. The molecule has 1 saturated heterocycles. The third kappa shape index (κ3) is 4.31. The van der Waals surface area contributed by atoms with E-state index < -0.39 is 0 Å². The molecule has 31 heavy (non-hydrogen) atoms. The van der Waals surface area contributed by atoms with Crippen LogP contribution in [0.15, 0.2) is 45.8 Å². The number of rotatable bonds is 3. The molecular weight excluding hydrogens is 470 g/mol. The fourth-order valence-corrected chi connectivity index (χ4v) is 5.57. The second-order valence-electron chi connectivity index (χ2n) is 9.24. The van der Waals surface area contributed by atoms with Crippen LogP contribution in [0.2, 0.25) is 0 Å². The van der Waals surface area contributed by atoms with Gasteiger partial charge in [-0.15, -0.1) is 0 Å². The summed E-state index contributed by atoms with van der Waals surface area (Å²) in [5.74, 6) is 0.124. The Morgan fingerprint density at radius 2 is 1.84 bits per heavy atom. The number of thioether (sulfide) groups is 1. The molecule has 2 aromatic rings. The van der Waals surface area contributed by atoms with E-state index in [-0.39, 0.29) is 16.6 Å². The number of carbonyl (C=O) groups is 2. The standard InChI is InChI=1S/C26H26BrNO2S/c1-14(2)19-6-7-26(4,5)22-8-15(3)20(13-21(19)22)17-9-16(10-18(27)12-17)11-23-24(29)28-25(30)31-23/h6,8-14H,7H2,1-5H3,(H,28,29,30). The fraction of sp³-hybridized carbons (Fsp3) is 0.308. The molecule has 0 bridgehead atoms. The van der Waals surface area contributed by atoms with Gasteiger partial charge in [0.2, 0.25) is 0 Å². The van der Waals surface area contributed by atoms with Gasteiger partial charge in [-0.05, 0) is 106 Å². The molecule has 3 nitrogen and oxygen atoms in total. The van der Waals surface area contributed by atoms with Gasteiger partial charge in [-0.1, -0.05) is 55.8 Å². The van der Waals surface area contributed by atoms with Gasteiger partial charge in [0.05, 0.1) is 4.91 Å². The topological polar surface area (TPSA) is 46.2 Å². The predicted octanol–water partition coefficient (Wildman–Crippen LogP) is 7.47. The minimum absolute atomic E-state index is 0.115. The Bertz CT molecular complexity index is 1170. The summed E-state index contributed by atoms with van der Waals surface area (Å²) in [4.78, 5) is 23.9. The fourth-order valence-electron chi connectivity index (χ4n) is 4.37. The van der Waals surface area contributed by atoms with Crippen molar-refractivity contribution in [2.24, 2.45) is 5.92 Å². The molecule has 1 aliphatic heterocycles. The van der Waals surface area contributed by atoms with Crippen molar-refractivity contribution in [1.29, 1.82) is 0 Å². The van der Waals surface area contributed by atoms with E-state index in [1.807, 2.05) is 6.07 Å². The molecule has 2 aromatic carbocycles. The van der Waals surface area contributed by atoms with Gasteiger partial charge >= 0.3 is 0 Å². The van der Waals surface area contributed by atoms with Crippen LogP contribution in [0.1, 0.15) is 56.4 Å². The molecule has 2 aliphatic rings. The first-order valence-electron chi connectivity index (χ1n) is 10.5. The summed E-state index contributed by atoms with van der Waals surface area (Å²) in [6.45, 7) is 11.3. The van der Waals surface area contributed by atoms with Gasteiger partial charge in [0.15, 0.2) is 0 Å². The summed E-state index contributed by atoms with van der Waals surface area (Å²) in [6, 6.07) is 10.8. The van der Waals surface area contributed by atoms with Crippen LogP contribution in [0.3, 0.4) is 0 Å². The molecular formula is C26H26BrNO2S. The molecule has 4 rings (SSSR count). The van der Waals surface area contributed by atoms with Crippen LogP contribution in [0, 0.1) is 12.8 Å². The van der Waals surface area contributed by atoms with Gasteiger partial charge in [0, 0.05) is 4.47 Å². The number of hydrogen-bond acceptors (Lipinski definition) is 3. The Morgan fingerprint density at radius 3 is 2.48 bits per heavy atom. The number of nitrogens with one attached hydrogen (secondary N) is 1. The van der Waals surface area contributed by atoms with E-state index in [1.165, 1.54) is 27.8 Å². The van der Waals surface area contributed by atoms with E-state index in [1.54, 1.807) is 6.08 Å². The lowest BCUT2D eigenvalue weighted by atomic mass is 9.70. The molecule has 2 amide bonds. The average Bonchev–Trinajstić information content (AvgIpc) is 2.98. The second kappa shape index (κ2) is 8.10. The van der Waals surface area contributed by atoms with E-state index in [0.717, 1.165) is 33.8 Å². The van der Waals surface area contributed by atoms with Gasteiger partial charge in [-0.2, -0.15) is 0 Å². The van der Waals surface area contributed by atoms with Gasteiger partial charge in [0.1, 0.15) is 0 Å². The molecule has 0 saturated carbocycles. The van der Waals surface area contributed by atoms with E-state index in [9.17, 15) is 9.59 Å². The van der Waals surface area contributed by atoms with Gasteiger partial charge < -0.3 is 0 Å². The lowest BCUT2D eigenvalue weighted by molar-refractivity contribution is -0.115. The van der Waals surface area contributed by atoms with Crippen molar-refractivity contribution in [1.82, 2.24) is 5.32 Å². The Balaban J connectivity index is 1.84. The summed E-state index contributed by atoms with van der Waals surface area (Å²) in [5.41, 5.74) is 8.66. The van der Waals surface area contributed by atoms with Crippen LogP contribution >= 0.6 is 27.7 Å². The number of halogens is 1. The van der Waals surface area contributed by atoms with Crippen molar-refractivity contribution in [2.75, 3.05) is 0 Å². The van der Waals surface area contributed by atoms with Crippen LogP contribution < -0.4 is 5.32 Å². The minimum Gasteiger partial charge on any atom is -0.282 e. The van der Waals surface area contributed by atoms with E-state index >= 15 is 0 Å². The van der Waals surface area contributed by atoms with E-state index in [4.69, 9.17) is 0 Å². The molecule has 0 spiro atoms. The normalized spacial score (nSPS) is 18.9. The highest BCUT2D eigenvalue weighted by atomic mass is 79.9. The molecule has 1 aliphatic carbocycles. The van der Waals surface area contributed by atoms with E-state index in [2.05, 4.69) is 86.2 Å². The first-order valence-corrected chi connectivity index (χ1v) is 12.1. The van der Waals surface area contributed by atoms with Crippen LogP contribution in [0.5, 0.6) is 0 Å². The zero-order valence-corrected chi connectivity index (χ0v) is 20.8. The number of benzene rings is 2. The highest BCUT2D eigenvalue weighted by molar-refractivity contribution is 9.10. The molecule has 1 heterocycles. The van der Waals surface area contributed by atoms with Gasteiger partial charge in [-0.3, -0.25) is 14.9 Å². The molecule has 0 atom stereocenters. The SMILES string of the molecule is Cc1cc2c(cc1-c1cc(Br)cc(C=C3SC(=O)NC3=O)c1)C(C(C)C)=CCC2(C)C. The number of amides is 2. The summed E-state index contributed by atoms with van der Waals surface area (Å²) < 4.78 is 0.934. The highest BCUT2D eigenvalue weighted by Crippen LogP contribution is 2.44. The van der Waals surface area contributed by atoms with Crippen LogP contribution in [0.25, 0.3) is 22.8 Å². The van der Waals surface area contributed by atoms with Gasteiger partial charge in [-0.25, -0.2) is 0 Å². The Hall–Kier alpha value is -2.11. The molecule has 0 unspecified atom stereocenters. The number of hydrogen-bond donors (Lipinski definition) is 1. The monoisotopic (exact) mass is 495 g/mol. The zero-order chi connectivity index (χ0) is 22.5. The Labute approximate surface area is 196 Å². The van der Waals surface area contributed by atoms with Crippen molar-refractivity contribution in [3.63, 3.8) is 0 Å². The Kier molecular flexibility index (Phi) is 5.78. The lowest BCUT2D eigenvalue weighted by Crippen LogP contribution is -2.23. The van der Waals surface area contributed by atoms with Crippen molar-refractivity contribution in [3.05, 3.63) is 68.0 Å². The molecule has 5 heteroatoms. The third-order valence-electron chi connectivity index (χ3n) is 6.03. The minimum atomic E-state index is -0.338. The van der Waals surface area contributed by atoms with Crippen molar-refractivity contribution < 1.29 is 9.59 Å². The Morgan fingerprint density at radius 1 is 1.10 bits per heavy atom. The molecule has 160 valence electrons. The van der Waals surface area contributed by atoms with Crippen LogP contribution in [-0.2, 0) is 10.2 Å². The largest absolute Gasteiger partial charge is 0.290 e. The summed E-state index contributed by atoms with van der Waals surface area (Å²) in [6.07, 6.45) is 5.23. The van der Waals surface area contributed by atoms with Crippen molar-refractivity contribution in [3.8, 4) is 11.1 Å². The quantitative estimate of drug-likeness (QED) is 0.449. The maximum Gasteiger partial charge on any atom is 0.290 e.